The molecular formula is C14H25N3S. The van der Waals surface area contributed by atoms with Gasteiger partial charge in [-0.05, 0) is 50.7 Å². The molecule has 102 valence electrons. The molecule has 0 aromatic carbocycles. The van der Waals surface area contributed by atoms with Crippen molar-refractivity contribution in [2.45, 2.75) is 45.6 Å². The van der Waals surface area contributed by atoms with E-state index in [9.17, 15) is 0 Å². The van der Waals surface area contributed by atoms with Crippen molar-refractivity contribution in [3.05, 3.63) is 22.8 Å². The summed E-state index contributed by atoms with van der Waals surface area (Å²) in [4.78, 5) is 3.12. The van der Waals surface area contributed by atoms with Crippen LogP contribution in [0.3, 0.4) is 0 Å². The third kappa shape index (κ3) is 6.77. The van der Waals surface area contributed by atoms with Gasteiger partial charge >= 0.3 is 0 Å². The Balaban J connectivity index is 2.13. The smallest absolute Gasteiger partial charge is 0.104 e. The van der Waals surface area contributed by atoms with E-state index in [0.29, 0.717) is 6.04 Å². The summed E-state index contributed by atoms with van der Waals surface area (Å²) in [5.74, 6) is 1.76. The van der Waals surface area contributed by atoms with Crippen molar-refractivity contribution in [1.29, 1.82) is 0 Å². The van der Waals surface area contributed by atoms with Crippen molar-refractivity contribution >= 4 is 18.0 Å². The molecule has 0 bridgehead atoms. The van der Waals surface area contributed by atoms with Crippen molar-refractivity contribution in [1.82, 2.24) is 4.98 Å². The average Bonchev–Trinajstić information content (AvgIpc) is 2.32. The normalized spacial score (nSPS) is 14.2. The maximum atomic E-state index is 5.76. The van der Waals surface area contributed by atoms with Crippen LogP contribution in [-0.2, 0) is 0 Å². The second kappa shape index (κ2) is 8.27. The van der Waals surface area contributed by atoms with Crippen LogP contribution in [0.4, 0.5) is 5.82 Å². The van der Waals surface area contributed by atoms with Gasteiger partial charge in [-0.15, -0.1) is 0 Å². The number of hydrogen-bond acceptors (Lipinski definition) is 3. The predicted molar refractivity (Wildman–Crippen MR) is 81.4 cm³/mol. The van der Waals surface area contributed by atoms with Gasteiger partial charge in [0.05, 0.1) is 0 Å². The largest absolute Gasteiger partial charge is 0.372 e. The molecule has 18 heavy (non-hydrogen) atoms. The summed E-state index contributed by atoms with van der Waals surface area (Å²) in [5, 5.41) is 3.36. The van der Waals surface area contributed by atoms with Crippen LogP contribution >= 0.6 is 12.2 Å². The second-order valence-corrected chi connectivity index (χ2v) is 5.60. The fourth-order valence-electron chi connectivity index (χ4n) is 1.92. The number of nitrogens with one attached hydrogen (secondary N) is 2. The predicted octanol–water partition coefficient (Wildman–Crippen LogP) is 3.70. The number of hydrogen-bond donors (Lipinski definition) is 3. The summed E-state index contributed by atoms with van der Waals surface area (Å²) in [5.41, 5.74) is 5.76. The summed E-state index contributed by atoms with van der Waals surface area (Å²) >= 11 is 5.07. The van der Waals surface area contributed by atoms with Gasteiger partial charge in [0.25, 0.3) is 0 Å². The highest BCUT2D eigenvalue weighted by molar-refractivity contribution is 7.71. The van der Waals surface area contributed by atoms with E-state index in [4.69, 9.17) is 18.0 Å². The van der Waals surface area contributed by atoms with E-state index in [1.807, 2.05) is 18.2 Å². The Labute approximate surface area is 115 Å². The zero-order chi connectivity index (χ0) is 13.4. The highest BCUT2D eigenvalue weighted by atomic mass is 32.1. The first kappa shape index (κ1) is 15.2. The molecule has 1 rings (SSSR count). The molecule has 0 fully saturated rings. The van der Waals surface area contributed by atoms with Gasteiger partial charge in [-0.25, -0.2) is 0 Å². The first-order valence-electron chi connectivity index (χ1n) is 6.76. The molecule has 1 aromatic heterocycles. The van der Waals surface area contributed by atoms with E-state index in [1.165, 1.54) is 19.3 Å². The van der Waals surface area contributed by atoms with Gasteiger partial charge < -0.3 is 16.0 Å². The van der Waals surface area contributed by atoms with Crippen molar-refractivity contribution in [3.63, 3.8) is 0 Å². The van der Waals surface area contributed by atoms with Crippen LogP contribution in [0.15, 0.2) is 18.2 Å². The fraction of sp³-hybridized carbons (Fsp3) is 0.643. The monoisotopic (exact) mass is 267 g/mol. The minimum atomic E-state index is 0.329. The van der Waals surface area contributed by atoms with Crippen molar-refractivity contribution in [3.8, 4) is 0 Å². The highest BCUT2D eigenvalue weighted by Crippen LogP contribution is 2.13. The van der Waals surface area contributed by atoms with Gasteiger partial charge in [-0.2, -0.15) is 0 Å². The number of nitrogens with two attached hydrogens (primary N) is 1. The number of aromatic nitrogens is 1. The first-order chi connectivity index (χ1) is 8.58. The fourth-order valence-corrected chi connectivity index (χ4v) is 2.10. The lowest BCUT2D eigenvalue weighted by atomic mass is 9.98. The van der Waals surface area contributed by atoms with Gasteiger partial charge in [0, 0.05) is 12.6 Å². The summed E-state index contributed by atoms with van der Waals surface area (Å²) < 4.78 is 0.769. The van der Waals surface area contributed by atoms with Gasteiger partial charge in [0.1, 0.15) is 10.5 Å². The number of pyridine rings is 1. The minimum absolute atomic E-state index is 0.329. The summed E-state index contributed by atoms with van der Waals surface area (Å²) in [6.07, 6.45) is 4.77. The number of aromatic amines is 1. The van der Waals surface area contributed by atoms with Gasteiger partial charge in [0.15, 0.2) is 0 Å². The van der Waals surface area contributed by atoms with Crippen LogP contribution in [0.25, 0.3) is 0 Å². The molecule has 4 heteroatoms. The average molecular weight is 267 g/mol. The Kier molecular flexibility index (Phi) is 6.98. The molecule has 0 spiro atoms. The molecule has 0 saturated carbocycles. The lowest BCUT2D eigenvalue weighted by Crippen LogP contribution is -2.16. The summed E-state index contributed by atoms with van der Waals surface area (Å²) in [6, 6.07) is 6.19. The maximum Gasteiger partial charge on any atom is 0.104 e. The molecule has 2 atom stereocenters. The van der Waals surface area contributed by atoms with Gasteiger partial charge in [-0.3, -0.25) is 0 Å². The Hall–Kier alpha value is -0.870. The molecule has 0 saturated heterocycles. The Bertz CT molecular complexity index is 387. The van der Waals surface area contributed by atoms with Gasteiger partial charge in [0.2, 0.25) is 0 Å². The number of rotatable bonds is 8. The molecule has 0 aliphatic carbocycles. The standard InChI is InChI=1S/C14H25N3S/c1-11(8-9-12(2)15)5-4-10-16-13-6-3-7-14(18)17-13/h3,6-7,11-12H,4-5,8-10,15H2,1-2H3,(H2,16,17,18)/t11-,12?/m1/s1. The van der Waals surface area contributed by atoms with Crippen LogP contribution in [0, 0.1) is 10.6 Å². The Morgan fingerprint density at radius 3 is 2.72 bits per heavy atom. The third-order valence-corrected chi connectivity index (χ3v) is 3.31. The lowest BCUT2D eigenvalue weighted by molar-refractivity contribution is 0.445. The van der Waals surface area contributed by atoms with E-state index in [2.05, 4.69) is 24.1 Å². The molecule has 0 aliphatic heterocycles. The zero-order valence-corrected chi connectivity index (χ0v) is 12.2. The Morgan fingerprint density at radius 2 is 2.06 bits per heavy atom. The van der Waals surface area contributed by atoms with Crippen molar-refractivity contribution < 1.29 is 0 Å². The molecule has 1 aromatic rings. The van der Waals surface area contributed by atoms with E-state index < -0.39 is 0 Å². The lowest BCUT2D eigenvalue weighted by Gasteiger charge is -2.13. The summed E-state index contributed by atoms with van der Waals surface area (Å²) in [7, 11) is 0. The van der Waals surface area contributed by atoms with E-state index >= 15 is 0 Å². The van der Waals surface area contributed by atoms with Crippen LogP contribution in [0.1, 0.15) is 39.5 Å². The highest BCUT2D eigenvalue weighted by Gasteiger charge is 2.03. The molecule has 3 nitrogen and oxygen atoms in total. The molecule has 1 unspecified atom stereocenters. The molecular weight excluding hydrogens is 242 g/mol. The maximum absolute atomic E-state index is 5.76. The van der Waals surface area contributed by atoms with Crippen LogP contribution < -0.4 is 11.1 Å². The van der Waals surface area contributed by atoms with E-state index in [1.54, 1.807) is 0 Å². The van der Waals surface area contributed by atoms with E-state index in [0.717, 1.165) is 29.3 Å². The second-order valence-electron chi connectivity index (χ2n) is 5.16. The van der Waals surface area contributed by atoms with E-state index in [-0.39, 0.29) is 0 Å². The minimum Gasteiger partial charge on any atom is -0.372 e. The summed E-state index contributed by atoms with van der Waals surface area (Å²) in [6.45, 7) is 5.36. The molecule has 4 N–H and O–H groups in total. The van der Waals surface area contributed by atoms with Crippen LogP contribution in [0.2, 0.25) is 0 Å². The molecule has 0 aliphatic rings. The molecule has 0 amide bonds. The number of anilines is 1. The first-order valence-corrected chi connectivity index (χ1v) is 7.17. The van der Waals surface area contributed by atoms with Crippen LogP contribution in [0.5, 0.6) is 0 Å². The molecule has 0 radical (unpaired) electrons. The number of H-pyrrole nitrogens is 1. The molecule has 1 heterocycles. The van der Waals surface area contributed by atoms with Crippen molar-refractivity contribution in [2.75, 3.05) is 11.9 Å². The van der Waals surface area contributed by atoms with Crippen molar-refractivity contribution in [2.24, 2.45) is 11.7 Å². The van der Waals surface area contributed by atoms with Crippen LogP contribution in [-0.4, -0.2) is 17.6 Å². The third-order valence-electron chi connectivity index (χ3n) is 3.07. The quantitative estimate of drug-likeness (QED) is 0.497. The SMILES string of the molecule is CC(N)CC[C@H](C)CCCNc1cccc(=S)[nH]1. The Morgan fingerprint density at radius 1 is 1.28 bits per heavy atom. The van der Waals surface area contributed by atoms with Gasteiger partial charge in [-0.1, -0.05) is 25.2 Å². The topological polar surface area (TPSA) is 53.8 Å². The zero-order valence-electron chi connectivity index (χ0n) is 11.4.